The second-order valence-corrected chi connectivity index (χ2v) is 7.24. The van der Waals surface area contributed by atoms with Crippen molar-refractivity contribution in [2.75, 3.05) is 6.54 Å². The molecule has 2 fully saturated rings. The number of carbonyl (C=O) groups is 1. The number of para-hydroxylation sites is 1. The molecule has 4 rings (SSSR count). The molecule has 1 heterocycles. The maximum absolute atomic E-state index is 13.0. The highest BCUT2D eigenvalue weighted by Gasteiger charge is 2.42. The van der Waals surface area contributed by atoms with Crippen LogP contribution in [0.4, 0.5) is 0 Å². The molecule has 1 aromatic heterocycles. The van der Waals surface area contributed by atoms with Gasteiger partial charge in [-0.15, -0.1) is 0 Å². The summed E-state index contributed by atoms with van der Waals surface area (Å²) in [5, 5.41) is 4.13. The number of nitrogens with one attached hydrogen (secondary N) is 1. The molecule has 4 nitrogen and oxygen atoms in total. The lowest BCUT2D eigenvalue weighted by Crippen LogP contribution is -2.53. The van der Waals surface area contributed by atoms with E-state index in [4.69, 9.17) is 10.7 Å². The molecule has 120 valence electrons. The van der Waals surface area contributed by atoms with Crippen molar-refractivity contribution in [1.82, 2.24) is 10.3 Å². The third kappa shape index (κ3) is 2.72. The van der Waals surface area contributed by atoms with Gasteiger partial charge in [0.25, 0.3) is 5.91 Å². The average Bonchev–Trinajstić information content (AvgIpc) is 3.44. The van der Waals surface area contributed by atoms with Crippen LogP contribution in [0.5, 0.6) is 0 Å². The number of nitrogens with two attached hydrogens (primary N) is 1. The van der Waals surface area contributed by atoms with E-state index in [2.05, 4.69) is 12.2 Å². The Balaban J connectivity index is 1.73. The first kappa shape index (κ1) is 14.6. The molecule has 0 aliphatic heterocycles. The molecule has 0 bridgehead atoms. The summed E-state index contributed by atoms with van der Waals surface area (Å²) in [6, 6.07) is 9.88. The Hall–Kier alpha value is -1.94. The molecule has 2 aliphatic rings. The van der Waals surface area contributed by atoms with Gasteiger partial charge in [0, 0.05) is 23.5 Å². The van der Waals surface area contributed by atoms with Crippen molar-refractivity contribution in [3.8, 4) is 0 Å². The number of amides is 1. The van der Waals surface area contributed by atoms with E-state index in [1.165, 1.54) is 12.8 Å². The molecule has 1 atom stereocenters. The minimum absolute atomic E-state index is 0.0228. The van der Waals surface area contributed by atoms with Crippen LogP contribution in [0.1, 0.15) is 54.6 Å². The van der Waals surface area contributed by atoms with Crippen molar-refractivity contribution in [3.05, 3.63) is 41.6 Å². The lowest BCUT2D eigenvalue weighted by Gasteiger charge is -2.29. The summed E-state index contributed by atoms with van der Waals surface area (Å²) in [6.07, 6.45) is 4.65. The number of aromatic nitrogens is 1. The van der Waals surface area contributed by atoms with Gasteiger partial charge in [-0.2, -0.15) is 0 Å². The van der Waals surface area contributed by atoms with Crippen molar-refractivity contribution in [1.29, 1.82) is 0 Å². The van der Waals surface area contributed by atoms with Crippen LogP contribution in [0.3, 0.4) is 0 Å². The van der Waals surface area contributed by atoms with Crippen LogP contribution in [0.25, 0.3) is 10.9 Å². The topological polar surface area (TPSA) is 68.0 Å². The van der Waals surface area contributed by atoms with Gasteiger partial charge in [0.05, 0.1) is 16.6 Å². The number of benzene rings is 1. The van der Waals surface area contributed by atoms with E-state index in [0.717, 1.165) is 35.0 Å². The van der Waals surface area contributed by atoms with E-state index in [1.54, 1.807) is 0 Å². The van der Waals surface area contributed by atoms with Crippen LogP contribution < -0.4 is 11.1 Å². The molecule has 0 spiro atoms. The first-order valence-corrected chi connectivity index (χ1v) is 8.53. The number of carbonyl (C=O) groups excluding carboxylic acids is 1. The Morgan fingerprint density at radius 1 is 1.30 bits per heavy atom. The monoisotopic (exact) mass is 309 g/mol. The SMILES string of the molecule is CC(CN)(NC(=O)c1cc(C2CC2)nc2ccccc12)C1CC1. The van der Waals surface area contributed by atoms with Crippen molar-refractivity contribution >= 4 is 16.8 Å². The zero-order valence-corrected chi connectivity index (χ0v) is 13.5. The van der Waals surface area contributed by atoms with Gasteiger partial charge in [0.2, 0.25) is 0 Å². The van der Waals surface area contributed by atoms with Gasteiger partial charge < -0.3 is 11.1 Å². The van der Waals surface area contributed by atoms with Crippen LogP contribution in [0.15, 0.2) is 30.3 Å². The van der Waals surface area contributed by atoms with Gasteiger partial charge in [-0.3, -0.25) is 9.78 Å². The molecule has 2 saturated carbocycles. The Morgan fingerprint density at radius 2 is 2.04 bits per heavy atom. The molecule has 0 radical (unpaired) electrons. The first-order chi connectivity index (χ1) is 11.1. The van der Waals surface area contributed by atoms with E-state index in [0.29, 0.717) is 18.4 Å². The fourth-order valence-corrected chi connectivity index (χ4v) is 3.34. The molecule has 0 saturated heterocycles. The number of pyridine rings is 1. The van der Waals surface area contributed by atoms with Crippen LogP contribution in [-0.4, -0.2) is 23.0 Å². The lowest BCUT2D eigenvalue weighted by molar-refractivity contribution is 0.0899. The van der Waals surface area contributed by atoms with Crippen molar-refractivity contribution < 1.29 is 4.79 Å². The molecule has 1 amide bonds. The Kier molecular flexibility index (Phi) is 3.38. The average molecular weight is 309 g/mol. The maximum atomic E-state index is 13.0. The fraction of sp³-hybridized carbons (Fsp3) is 0.474. The van der Waals surface area contributed by atoms with Gasteiger partial charge in [0.1, 0.15) is 0 Å². The summed E-state index contributed by atoms with van der Waals surface area (Å²) in [5.41, 5.74) is 8.33. The molecule has 2 aromatic rings. The normalized spacial score (nSPS) is 20.3. The largest absolute Gasteiger partial charge is 0.345 e. The number of hydrogen-bond donors (Lipinski definition) is 2. The highest BCUT2D eigenvalue weighted by atomic mass is 16.1. The molecular formula is C19H23N3O. The van der Waals surface area contributed by atoms with Gasteiger partial charge in [-0.05, 0) is 50.7 Å². The number of rotatable bonds is 5. The minimum Gasteiger partial charge on any atom is -0.345 e. The van der Waals surface area contributed by atoms with Crippen molar-refractivity contribution in [2.45, 2.75) is 44.1 Å². The summed E-state index contributed by atoms with van der Waals surface area (Å²) in [4.78, 5) is 17.7. The summed E-state index contributed by atoms with van der Waals surface area (Å²) >= 11 is 0. The zero-order valence-electron chi connectivity index (χ0n) is 13.5. The van der Waals surface area contributed by atoms with Crippen LogP contribution in [-0.2, 0) is 0 Å². The molecular weight excluding hydrogens is 286 g/mol. The van der Waals surface area contributed by atoms with Gasteiger partial charge in [-0.25, -0.2) is 0 Å². The predicted octanol–water partition coefficient (Wildman–Crippen LogP) is 2.97. The van der Waals surface area contributed by atoms with Crippen LogP contribution in [0, 0.1) is 5.92 Å². The minimum atomic E-state index is -0.304. The third-order valence-electron chi connectivity index (χ3n) is 5.28. The van der Waals surface area contributed by atoms with E-state index < -0.39 is 0 Å². The number of hydrogen-bond acceptors (Lipinski definition) is 3. The predicted molar refractivity (Wildman–Crippen MR) is 91.4 cm³/mol. The van der Waals surface area contributed by atoms with E-state index in [9.17, 15) is 4.79 Å². The van der Waals surface area contributed by atoms with E-state index in [1.807, 2.05) is 30.3 Å². The third-order valence-corrected chi connectivity index (χ3v) is 5.28. The molecule has 3 N–H and O–H groups in total. The second kappa shape index (κ2) is 5.31. The maximum Gasteiger partial charge on any atom is 0.252 e. The molecule has 1 unspecified atom stereocenters. The quantitative estimate of drug-likeness (QED) is 0.892. The Bertz CT molecular complexity index is 764. The molecule has 23 heavy (non-hydrogen) atoms. The highest BCUT2D eigenvalue weighted by Crippen LogP contribution is 2.41. The van der Waals surface area contributed by atoms with Crippen molar-refractivity contribution in [3.63, 3.8) is 0 Å². The molecule has 4 heteroatoms. The standard InChI is InChI=1S/C19H23N3O/c1-19(11-20,13-8-9-13)22-18(23)15-10-17(12-6-7-12)21-16-5-3-2-4-14(15)16/h2-5,10,12-13H,6-9,11,20H2,1H3,(H,22,23). The summed E-state index contributed by atoms with van der Waals surface area (Å²) in [6.45, 7) is 2.54. The fourth-order valence-electron chi connectivity index (χ4n) is 3.34. The first-order valence-electron chi connectivity index (χ1n) is 8.53. The van der Waals surface area contributed by atoms with E-state index >= 15 is 0 Å². The Morgan fingerprint density at radius 3 is 2.70 bits per heavy atom. The second-order valence-electron chi connectivity index (χ2n) is 7.24. The van der Waals surface area contributed by atoms with Crippen LogP contribution in [0.2, 0.25) is 0 Å². The molecule has 1 aromatic carbocycles. The summed E-state index contributed by atoms with van der Waals surface area (Å²) < 4.78 is 0. The summed E-state index contributed by atoms with van der Waals surface area (Å²) in [5.74, 6) is 1.01. The van der Waals surface area contributed by atoms with Gasteiger partial charge >= 0.3 is 0 Å². The number of nitrogens with zero attached hydrogens (tertiary/aromatic N) is 1. The molecule has 2 aliphatic carbocycles. The van der Waals surface area contributed by atoms with Gasteiger partial charge in [-0.1, -0.05) is 18.2 Å². The lowest BCUT2D eigenvalue weighted by atomic mass is 9.95. The number of fused-ring (bicyclic) bond motifs is 1. The van der Waals surface area contributed by atoms with E-state index in [-0.39, 0.29) is 11.4 Å². The highest BCUT2D eigenvalue weighted by molar-refractivity contribution is 6.06. The smallest absolute Gasteiger partial charge is 0.252 e. The van der Waals surface area contributed by atoms with Crippen molar-refractivity contribution in [2.24, 2.45) is 11.7 Å². The summed E-state index contributed by atoms with van der Waals surface area (Å²) in [7, 11) is 0. The Labute approximate surface area is 136 Å². The van der Waals surface area contributed by atoms with Crippen LogP contribution >= 0.6 is 0 Å². The zero-order chi connectivity index (χ0) is 16.0. The van der Waals surface area contributed by atoms with Gasteiger partial charge in [0.15, 0.2) is 0 Å².